The molecular formula is C27H17BrN2O2. The third kappa shape index (κ3) is 2.75. The number of amides is 1. The number of rotatable bonds is 2. The molecule has 4 nitrogen and oxygen atoms in total. The van der Waals surface area contributed by atoms with E-state index in [2.05, 4.69) is 25.9 Å². The van der Waals surface area contributed by atoms with Crippen LogP contribution in [0, 0.1) is 6.92 Å². The fourth-order valence-electron chi connectivity index (χ4n) is 4.54. The lowest BCUT2D eigenvalue weighted by Gasteiger charge is -2.04. The number of aryl methyl sites for hydroxylation is 1. The summed E-state index contributed by atoms with van der Waals surface area (Å²) in [6.07, 6.45) is 0. The van der Waals surface area contributed by atoms with Crippen LogP contribution in [0.2, 0.25) is 0 Å². The SMILES string of the molecule is Cc1ccc(-c2c(O)[nH]c3c2ccc2c4c(ccc23)=C(c2ccc(Br)cc2)C(=O)N=4)cc1. The Labute approximate surface area is 191 Å². The number of benzene rings is 4. The minimum absolute atomic E-state index is 0.131. The van der Waals surface area contributed by atoms with Crippen LogP contribution >= 0.6 is 15.9 Å². The van der Waals surface area contributed by atoms with Crippen molar-refractivity contribution in [1.82, 2.24) is 4.98 Å². The van der Waals surface area contributed by atoms with Crippen LogP contribution in [0.5, 0.6) is 5.88 Å². The largest absolute Gasteiger partial charge is 0.494 e. The van der Waals surface area contributed by atoms with Crippen LogP contribution in [0.25, 0.3) is 38.4 Å². The molecule has 154 valence electrons. The van der Waals surface area contributed by atoms with E-state index in [1.807, 2.05) is 79.7 Å². The van der Waals surface area contributed by atoms with E-state index in [0.29, 0.717) is 10.9 Å². The number of carbonyl (C=O) groups is 1. The first-order valence-corrected chi connectivity index (χ1v) is 11.1. The maximum atomic E-state index is 12.8. The Hall–Kier alpha value is -3.70. The fourth-order valence-corrected chi connectivity index (χ4v) is 4.81. The number of H-pyrrole nitrogens is 1. The van der Waals surface area contributed by atoms with E-state index in [-0.39, 0.29) is 11.8 Å². The van der Waals surface area contributed by atoms with E-state index in [0.717, 1.165) is 48.1 Å². The Balaban J connectivity index is 1.64. The quantitative estimate of drug-likeness (QED) is 0.368. The Kier molecular flexibility index (Phi) is 4.10. The van der Waals surface area contributed by atoms with Gasteiger partial charge in [-0.25, -0.2) is 4.99 Å². The molecule has 2 N–H and O–H groups in total. The lowest BCUT2D eigenvalue weighted by molar-refractivity contribution is -0.112. The lowest BCUT2D eigenvalue weighted by atomic mass is 9.98. The van der Waals surface area contributed by atoms with Crippen molar-refractivity contribution in [3.05, 3.63) is 99.0 Å². The molecule has 5 heteroatoms. The van der Waals surface area contributed by atoms with Gasteiger partial charge in [-0.1, -0.05) is 82.2 Å². The summed E-state index contributed by atoms with van der Waals surface area (Å²) in [4.78, 5) is 20.4. The highest BCUT2D eigenvalue weighted by Gasteiger charge is 2.21. The van der Waals surface area contributed by atoms with Crippen LogP contribution < -0.4 is 10.6 Å². The molecule has 1 amide bonds. The Bertz CT molecular complexity index is 1700. The van der Waals surface area contributed by atoms with Gasteiger partial charge >= 0.3 is 0 Å². The second-order valence-electron chi connectivity index (χ2n) is 8.06. The first-order chi connectivity index (χ1) is 15.5. The second kappa shape index (κ2) is 6.90. The highest BCUT2D eigenvalue weighted by molar-refractivity contribution is 9.10. The maximum absolute atomic E-state index is 12.8. The molecule has 0 radical (unpaired) electrons. The zero-order chi connectivity index (χ0) is 22.0. The van der Waals surface area contributed by atoms with Crippen molar-refractivity contribution in [3.8, 4) is 17.0 Å². The first kappa shape index (κ1) is 19.0. The lowest BCUT2D eigenvalue weighted by Crippen LogP contribution is -2.24. The average molecular weight is 481 g/mol. The molecule has 0 aliphatic carbocycles. The van der Waals surface area contributed by atoms with Crippen molar-refractivity contribution < 1.29 is 9.90 Å². The summed E-state index contributed by atoms with van der Waals surface area (Å²) in [5.74, 6) is -0.100. The van der Waals surface area contributed by atoms with Crippen LogP contribution in [0.1, 0.15) is 11.1 Å². The minimum Gasteiger partial charge on any atom is -0.494 e. The molecule has 32 heavy (non-hydrogen) atoms. The Morgan fingerprint density at radius 3 is 2.22 bits per heavy atom. The van der Waals surface area contributed by atoms with Crippen LogP contribution in [0.4, 0.5) is 0 Å². The first-order valence-electron chi connectivity index (χ1n) is 10.3. The number of aromatic hydroxyl groups is 1. The van der Waals surface area contributed by atoms with Crippen molar-refractivity contribution in [2.24, 2.45) is 4.99 Å². The summed E-state index contributed by atoms with van der Waals surface area (Å²) >= 11 is 3.44. The number of aromatic amines is 1. The fraction of sp³-hybridized carbons (Fsp3) is 0.0370. The third-order valence-corrected chi connectivity index (χ3v) is 6.62. The molecule has 4 aromatic carbocycles. The molecule has 0 spiro atoms. The van der Waals surface area contributed by atoms with E-state index >= 15 is 0 Å². The molecule has 0 saturated carbocycles. The molecule has 0 atom stereocenters. The van der Waals surface area contributed by atoms with Crippen molar-refractivity contribution in [2.45, 2.75) is 6.92 Å². The molecular weight excluding hydrogens is 464 g/mol. The van der Waals surface area contributed by atoms with Gasteiger partial charge in [-0.05, 0) is 30.2 Å². The van der Waals surface area contributed by atoms with Gasteiger partial charge in [0.15, 0.2) is 5.88 Å². The number of halogens is 1. The molecule has 6 rings (SSSR count). The summed E-state index contributed by atoms with van der Waals surface area (Å²) in [5, 5.41) is 15.0. The monoisotopic (exact) mass is 480 g/mol. The normalized spacial score (nSPS) is 13.1. The topological polar surface area (TPSA) is 65.4 Å². The number of hydrogen-bond acceptors (Lipinski definition) is 2. The predicted molar refractivity (Wildman–Crippen MR) is 130 cm³/mol. The van der Waals surface area contributed by atoms with Gasteiger partial charge in [-0.15, -0.1) is 0 Å². The van der Waals surface area contributed by atoms with E-state index < -0.39 is 0 Å². The van der Waals surface area contributed by atoms with E-state index in [1.165, 1.54) is 5.56 Å². The van der Waals surface area contributed by atoms with Gasteiger partial charge in [0.25, 0.3) is 5.91 Å². The molecule has 0 saturated heterocycles. The van der Waals surface area contributed by atoms with Gasteiger partial charge in [0.1, 0.15) is 0 Å². The molecule has 0 fully saturated rings. The Morgan fingerprint density at radius 2 is 1.47 bits per heavy atom. The molecule has 0 bridgehead atoms. The van der Waals surface area contributed by atoms with Crippen LogP contribution in [-0.4, -0.2) is 16.0 Å². The molecule has 2 heterocycles. The summed E-state index contributed by atoms with van der Waals surface area (Å²) in [7, 11) is 0. The second-order valence-corrected chi connectivity index (χ2v) is 8.97. The molecule has 0 unspecified atom stereocenters. The van der Waals surface area contributed by atoms with Gasteiger partial charge in [0.2, 0.25) is 0 Å². The number of carbonyl (C=O) groups excluding carboxylic acids is 1. The van der Waals surface area contributed by atoms with Gasteiger partial charge < -0.3 is 10.1 Å². The van der Waals surface area contributed by atoms with Crippen molar-refractivity contribution in [2.75, 3.05) is 0 Å². The summed E-state index contributed by atoms with van der Waals surface area (Å²) in [6, 6.07) is 23.7. The maximum Gasteiger partial charge on any atom is 0.278 e. The van der Waals surface area contributed by atoms with Gasteiger partial charge in [0, 0.05) is 25.9 Å². The van der Waals surface area contributed by atoms with Crippen LogP contribution in [0.3, 0.4) is 0 Å². The van der Waals surface area contributed by atoms with Crippen LogP contribution in [0.15, 0.2) is 82.3 Å². The molecule has 1 aliphatic heterocycles. The van der Waals surface area contributed by atoms with Crippen molar-refractivity contribution in [3.63, 3.8) is 0 Å². The van der Waals surface area contributed by atoms with E-state index in [1.54, 1.807) is 0 Å². The standard InChI is InChI=1S/C27H17BrN2O2/c1-14-2-4-15(5-3-14)22-20-12-10-19-18(24(20)29-26(22)31)11-13-21-23(27(32)30-25(19)21)16-6-8-17(28)9-7-16/h2-13,29,31H,1H3. The van der Waals surface area contributed by atoms with Gasteiger partial charge in [-0.2, -0.15) is 0 Å². The van der Waals surface area contributed by atoms with Crippen LogP contribution in [-0.2, 0) is 4.79 Å². The number of aromatic nitrogens is 1. The van der Waals surface area contributed by atoms with E-state index in [4.69, 9.17) is 0 Å². The summed E-state index contributed by atoms with van der Waals surface area (Å²) in [5.41, 5.74) is 5.18. The zero-order valence-electron chi connectivity index (χ0n) is 17.1. The highest BCUT2D eigenvalue weighted by Crippen LogP contribution is 2.39. The zero-order valence-corrected chi connectivity index (χ0v) is 18.7. The summed E-state index contributed by atoms with van der Waals surface area (Å²) < 4.78 is 0.960. The molecule has 1 aliphatic rings. The summed E-state index contributed by atoms with van der Waals surface area (Å²) in [6.45, 7) is 2.04. The van der Waals surface area contributed by atoms with Gasteiger partial charge in [0.05, 0.1) is 22.0 Å². The number of nitrogens with zero attached hydrogens (tertiary/aromatic N) is 1. The number of nitrogens with one attached hydrogen (secondary N) is 1. The highest BCUT2D eigenvalue weighted by atomic mass is 79.9. The molecule has 5 aromatic rings. The van der Waals surface area contributed by atoms with E-state index in [9.17, 15) is 9.90 Å². The van der Waals surface area contributed by atoms with Crippen molar-refractivity contribution >= 4 is 49.1 Å². The third-order valence-electron chi connectivity index (χ3n) is 6.09. The predicted octanol–water partition coefficient (Wildman–Crippen LogP) is 5.12. The van der Waals surface area contributed by atoms with Gasteiger partial charge in [-0.3, -0.25) is 4.79 Å². The average Bonchev–Trinajstić information content (AvgIpc) is 3.31. The smallest absolute Gasteiger partial charge is 0.278 e. The number of hydrogen-bond donors (Lipinski definition) is 2. The van der Waals surface area contributed by atoms with Crippen molar-refractivity contribution in [1.29, 1.82) is 0 Å². The molecule has 1 aromatic heterocycles. The minimum atomic E-state index is -0.232. The number of fused-ring (bicyclic) bond motifs is 5. The Morgan fingerprint density at radius 1 is 0.812 bits per heavy atom.